The largest absolute Gasteiger partial charge is 0.495 e. The van der Waals surface area contributed by atoms with E-state index in [1.54, 1.807) is 16.8 Å². The number of aromatic nitrogens is 3. The molecule has 10 nitrogen and oxygen atoms in total. The lowest BCUT2D eigenvalue weighted by molar-refractivity contribution is -0.113. The molecule has 42 heavy (non-hydrogen) atoms. The highest BCUT2D eigenvalue weighted by molar-refractivity contribution is 6.32. The molecule has 5 rings (SSSR count). The van der Waals surface area contributed by atoms with Crippen LogP contribution in [0.5, 0.6) is 23.0 Å². The predicted octanol–water partition coefficient (Wildman–Crippen LogP) is 6.51. The first kappa shape index (κ1) is 29.1. The topological polar surface area (TPSA) is 109 Å². The zero-order valence-corrected chi connectivity index (χ0v) is 24.9. The number of nitrogens with one attached hydrogen (secondary N) is 2. The molecule has 0 saturated carbocycles. The van der Waals surface area contributed by atoms with Gasteiger partial charge in [-0.1, -0.05) is 41.4 Å². The predicted molar refractivity (Wildman–Crippen MR) is 161 cm³/mol. The Balaban J connectivity index is 1.50. The van der Waals surface area contributed by atoms with Gasteiger partial charge in [0.1, 0.15) is 30.5 Å². The number of carbonyl (C=O) groups excluding carboxylic acids is 1. The van der Waals surface area contributed by atoms with Gasteiger partial charge in [-0.3, -0.25) is 4.79 Å². The lowest BCUT2D eigenvalue weighted by atomic mass is 9.94. The van der Waals surface area contributed by atoms with Crippen LogP contribution < -0.4 is 29.6 Å². The zero-order chi connectivity index (χ0) is 29.8. The van der Waals surface area contributed by atoms with Crippen molar-refractivity contribution in [3.63, 3.8) is 0 Å². The van der Waals surface area contributed by atoms with E-state index in [1.807, 2.05) is 56.3 Å². The van der Waals surface area contributed by atoms with E-state index in [0.717, 1.165) is 11.1 Å². The van der Waals surface area contributed by atoms with Crippen LogP contribution in [0.15, 0.2) is 72.2 Å². The lowest BCUT2D eigenvalue weighted by Crippen LogP contribution is -2.31. The highest BCUT2D eigenvalue weighted by Gasteiger charge is 2.34. The smallest absolute Gasteiger partial charge is 0.255 e. The summed E-state index contributed by atoms with van der Waals surface area (Å²) in [5, 5.41) is 11.6. The number of hydrogen-bond acceptors (Lipinski definition) is 8. The van der Waals surface area contributed by atoms with Crippen LogP contribution in [-0.4, -0.2) is 41.5 Å². The van der Waals surface area contributed by atoms with Crippen LogP contribution in [0, 0.1) is 0 Å². The Labute approximate surface area is 253 Å². The molecule has 1 atom stereocenters. The summed E-state index contributed by atoms with van der Waals surface area (Å²) >= 11 is 12.3. The van der Waals surface area contributed by atoms with Gasteiger partial charge in [-0.05, 0) is 49.2 Å². The van der Waals surface area contributed by atoms with E-state index < -0.39 is 6.04 Å². The number of halogens is 2. The van der Waals surface area contributed by atoms with Gasteiger partial charge in [-0.2, -0.15) is 10.1 Å². The van der Waals surface area contributed by atoms with Gasteiger partial charge in [0.15, 0.2) is 11.5 Å². The number of amides is 1. The van der Waals surface area contributed by atoms with E-state index in [2.05, 4.69) is 20.7 Å². The third-order valence-electron chi connectivity index (χ3n) is 6.65. The molecule has 2 heterocycles. The highest BCUT2D eigenvalue weighted by Crippen LogP contribution is 2.41. The molecule has 0 unspecified atom stereocenters. The minimum absolute atomic E-state index is 0.330. The van der Waals surface area contributed by atoms with Gasteiger partial charge in [0.05, 0.1) is 37.1 Å². The molecule has 218 valence electrons. The Bertz CT molecular complexity index is 1640. The fourth-order valence-corrected chi connectivity index (χ4v) is 5.02. The molecule has 0 aliphatic carbocycles. The quantitative estimate of drug-likeness (QED) is 0.209. The Morgan fingerprint density at radius 3 is 2.45 bits per heavy atom. The van der Waals surface area contributed by atoms with Crippen molar-refractivity contribution >= 4 is 40.7 Å². The first-order valence-electron chi connectivity index (χ1n) is 13.1. The molecule has 0 fully saturated rings. The number of nitrogens with zero attached hydrogens (tertiary/aromatic N) is 3. The van der Waals surface area contributed by atoms with Crippen LogP contribution in [0.4, 0.5) is 11.6 Å². The summed E-state index contributed by atoms with van der Waals surface area (Å²) in [5.74, 6) is 2.00. The minimum Gasteiger partial charge on any atom is -0.495 e. The van der Waals surface area contributed by atoms with Gasteiger partial charge >= 0.3 is 0 Å². The summed E-state index contributed by atoms with van der Waals surface area (Å²) in [6, 6.07) is 15.6. The normalized spacial score (nSPS) is 14.1. The van der Waals surface area contributed by atoms with Crippen molar-refractivity contribution in [2.24, 2.45) is 0 Å². The first-order valence-corrected chi connectivity index (χ1v) is 13.8. The van der Waals surface area contributed by atoms with E-state index in [0.29, 0.717) is 69.2 Å². The van der Waals surface area contributed by atoms with Crippen molar-refractivity contribution in [3.05, 3.63) is 93.4 Å². The first-order chi connectivity index (χ1) is 20.3. The van der Waals surface area contributed by atoms with Gasteiger partial charge in [-0.15, -0.1) is 0 Å². The molecule has 0 saturated heterocycles. The van der Waals surface area contributed by atoms with Crippen LogP contribution in [0.25, 0.3) is 0 Å². The van der Waals surface area contributed by atoms with Crippen molar-refractivity contribution < 1.29 is 23.7 Å². The standard InChI is InChI=1S/C30H29Cl2N5O5/c1-5-41-26-12-19(8-11-23(26)42-15-18-6-9-20(31)10-7-18)28-27(17(2)35-30-33-16-34-37(28)30)29(38)36-22-14-24(39-3)21(32)13-25(22)40-4/h6-14,16,28H,5,15H2,1-4H3,(H,36,38)(H,33,34,35)/t28-/m1/s1. The number of hydrogen-bond donors (Lipinski definition) is 2. The summed E-state index contributed by atoms with van der Waals surface area (Å²) < 4.78 is 24.5. The second-order valence-electron chi connectivity index (χ2n) is 9.29. The fourth-order valence-electron chi connectivity index (χ4n) is 4.67. The number of rotatable bonds is 10. The average molecular weight is 610 g/mol. The molecular formula is C30H29Cl2N5O5. The van der Waals surface area contributed by atoms with Crippen LogP contribution in [-0.2, 0) is 11.4 Å². The number of allylic oxidation sites excluding steroid dienone is 1. The zero-order valence-electron chi connectivity index (χ0n) is 23.4. The Hall–Kier alpha value is -4.41. The number of anilines is 2. The van der Waals surface area contributed by atoms with Crippen molar-refractivity contribution in [2.75, 3.05) is 31.5 Å². The van der Waals surface area contributed by atoms with E-state index in [4.69, 9.17) is 42.1 Å². The molecule has 1 aliphatic heterocycles. The molecule has 0 bridgehead atoms. The molecule has 0 spiro atoms. The Morgan fingerprint density at radius 2 is 1.74 bits per heavy atom. The SMILES string of the molecule is CCOc1cc([C@@H]2C(C(=O)Nc3cc(OC)c(Cl)cc3OC)=C(C)Nc3ncnn32)ccc1OCc1ccc(Cl)cc1. The maximum Gasteiger partial charge on any atom is 0.255 e. The molecule has 12 heteroatoms. The number of methoxy groups -OCH3 is 2. The molecule has 2 N–H and O–H groups in total. The summed E-state index contributed by atoms with van der Waals surface area (Å²) in [7, 11) is 2.99. The summed E-state index contributed by atoms with van der Waals surface area (Å²) in [6.07, 6.45) is 1.43. The summed E-state index contributed by atoms with van der Waals surface area (Å²) in [4.78, 5) is 18.3. The molecule has 1 aromatic heterocycles. The molecule has 0 radical (unpaired) electrons. The molecule has 3 aromatic carbocycles. The summed E-state index contributed by atoms with van der Waals surface area (Å²) in [5.41, 5.74) is 3.13. The highest BCUT2D eigenvalue weighted by atomic mass is 35.5. The molecular weight excluding hydrogens is 581 g/mol. The third-order valence-corrected chi connectivity index (χ3v) is 7.20. The number of benzene rings is 3. The Kier molecular flexibility index (Phi) is 8.75. The van der Waals surface area contributed by atoms with Crippen molar-refractivity contribution in [1.29, 1.82) is 0 Å². The van der Waals surface area contributed by atoms with E-state index in [1.165, 1.54) is 20.5 Å². The third kappa shape index (κ3) is 5.95. The monoisotopic (exact) mass is 609 g/mol. The van der Waals surface area contributed by atoms with E-state index in [-0.39, 0.29) is 5.91 Å². The lowest BCUT2D eigenvalue weighted by Gasteiger charge is -2.29. The van der Waals surface area contributed by atoms with Crippen LogP contribution in [0.3, 0.4) is 0 Å². The van der Waals surface area contributed by atoms with Gasteiger partial charge in [-0.25, -0.2) is 4.68 Å². The van der Waals surface area contributed by atoms with Crippen LogP contribution >= 0.6 is 23.2 Å². The second-order valence-corrected chi connectivity index (χ2v) is 10.1. The number of fused-ring (bicyclic) bond motifs is 1. The second kappa shape index (κ2) is 12.6. The average Bonchev–Trinajstić information content (AvgIpc) is 3.45. The maximum absolute atomic E-state index is 13.9. The minimum atomic E-state index is -0.631. The summed E-state index contributed by atoms with van der Waals surface area (Å²) in [6.45, 7) is 4.46. The van der Waals surface area contributed by atoms with Crippen molar-refractivity contribution in [2.45, 2.75) is 26.5 Å². The van der Waals surface area contributed by atoms with Crippen LogP contribution in [0.1, 0.15) is 31.0 Å². The van der Waals surface area contributed by atoms with Gasteiger partial charge in [0.25, 0.3) is 5.91 Å². The number of ether oxygens (including phenoxy) is 4. The van der Waals surface area contributed by atoms with Crippen molar-refractivity contribution in [1.82, 2.24) is 14.8 Å². The molecule has 1 aliphatic rings. The van der Waals surface area contributed by atoms with E-state index in [9.17, 15) is 4.79 Å². The van der Waals surface area contributed by atoms with Gasteiger partial charge < -0.3 is 29.6 Å². The van der Waals surface area contributed by atoms with Gasteiger partial charge in [0.2, 0.25) is 5.95 Å². The Morgan fingerprint density at radius 1 is 0.976 bits per heavy atom. The van der Waals surface area contributed by atoms with Gasteiger partial charge in [0, 0.05) is 22.9 Å². The fraction of sp³-hybridized carbons (Fsp3) is 0.233. The van der Waals surface area contributed by atoms with Crippen LogP contribution in [0.2, 0.25) is 10.0 Å². The molecule has 4 aromatic rings. The van der Waals surface area contributed by atoms with Crippen molar-refractivity contribution in [3.8, 4) is 23.0 Å². The number of carbonyl (C=O) groups is 1. The maximum atomic E-state index is 13.9. The molecule has 1 amide bonds. The van der Waals surface area contributed by atoms with E-state index >= 15 is 0 Å².